The van der Waals surface area contributed by atoms with E-state index in [-0.39, 0.29) is 17.9 Å². The molecule has 0 aliphatic heterocycles. The largest absolute Gasteiger partial charge is 0.481 e. The maximum Gasteiger partial charge on any atom is 0.331 e. The van der Waals surface area contributed by atoms with Crippen molar-refractivity contribution >= 4 is 11.9 Å². The minimum atomic E-state index is -1.11. The normalized spacial score (nSPS) is 25.0. The van der Waals surface area contributed by atoms with Crippen LogP contribution in [0.25, 0.3) is 0 Å². The molecule has 0 radical (unpaired) electrons. The van der Waals surface area contributed by atoms with Gasteiger partial charge in [0.1, 0.15) is 0 Å². The maximum atomic E-state index is 11.1. The molecule has 1 unspecified atom stereocenters. The van der Waals surface area contributed by atoms with Crippen LogP contribution in [-0.2, 0) is 9.59 Å². The molecule has 0 fully saturated rings. The third-order valence-corrected chi connectivity index (χ3v) is 2.81. The maximum absolute atomic E-state index is 11.1. The zero-order valence-electron chi connectivity index (χ0n) is 9.65. The molecular weight excluding hydrogens is 208 g/mol. The molecule has 4 heteroatoms. The first kappa shape index (κ1) is 12.5. The minimum Gasteiger partial charge on any atom is -0.481 e. The molecule has 0 aromatic heterocycles. The summed E-state index contributed by atoms with van der Waals surface area (Å²) in [5.41, 5.74) is -0.174. The topological polar surface area (TPSA) is 74.6 Å². The molecule has 1 aliphatic rings. The van der Waals surface area contributed by atoms with Crippen LogP contribution in [0.15, 0.2) is 23.3 Å². The van der Waals surface area contributed by atoms with Crippen molar-refractivity contribution in [1.82, 2.24) is 0 Å². The van der Waals surface area contributed by atoms with Gasteiger partial charge in [-0.2, -0.15) is 0 Å². The minimum absolute atomic E-state index is 0.0356. The van der Waals surface area contributed by atoms with E-state index in [2.05, 4.69) is 0 Å². The number of allylic oxidation sites excluding steroid dienone is 2. The zero-order valence-corrected chi connectivity index (χ0v) is 9.65. The lowest BCUT2D eigenvalue weighted by molar-refractivity contribution is -0.145. The van der Waals surface area contributed by atoms with E-state index in [0.29, 0.717) is 0 Å². The lowest BCUT2D eigenvalue weighted by atomic mass is 9.76. The van der Waals surface area contributed by atoms with Gasteiger partial charge in [-0.15, -0.1) is 0 Å². The van der Waals surface area contributed by atoms with E-state index >= 15 is 0 Å². The van der Waals surface area contributed by atoms with E-state index in [0.717, 1.165) is 5.57 Å². The van der Waals surface area contributed by atoms with E-state index in [4.69, 9.17) is 10.2 Å². The van der Waals surface area contributed by atoms with Gasteiger partial charge < -0.3 is 10.2 Å². The Kier molecular flexibility index (Phi) is 3.21. The molecule has 0 amide bonds. The number of hydrogen-bond donors (Lipinski definition) is 2. The number of carbonyl (C=O) groups is 2. The number of hydrogen-bond acceptors (Lipinski definition) is 2. The Labute approximate surface area is 94.3 Å². The summed E-state index contributed by atoms with van der Waals surface area (Å²) in [5, 5.41) is 18.1. The summed E-state index contributed by atoms with van der Waals surface area (Å²) in [4.78, 5) is 22.1. The molecule has 0 aromatic rings. The predicted octanol–water partition coefficient (Wildman–Crippen LogP) is 2.07. The summed E-state index contributed by atoms with van der Waals surface area (Å²) >= 11 is 0. The molecule has 1 atom stereocenters. The first-order valence-electron chi connectivity index (χ1n) is 5.16. The molecule has 0 saturated carbocycles. The first-order chi connectivity index (χ1) is 7.26. The molecule has 0 saturated heterocycles. The molecule has 16 heavy (non-hydrogen) atoms. The summed E-state index contributed by atoms with van der Waals surface area (Å²) in [6, 6.07) is 0. The van der Waals surface area contributed by atoms with Crippen LogP contribution in [0.5, 0.6) is 0 Å². The lowest BCUT2D eigenvalue weighted by Crippen LogP contribution is -2.30. The van der Waals surface area contributed by atoms with Gasteiger partial charge in [0.25, 0.3) is 0 Å². The third-order valence-electron chi connectivity index (χ3n) is 2.81. The van der Waals surface area contributed by atoms with Crippen molar-refractivity contribution in [3.8, 4) is 0 Å². The van der Waals surface area contributed by atoms with E-state index in [1.807, 2.05) is 13.8 Å². The van der Waals surface area contributed by atoms with Gasteiger partial charge in [0, 0.05) is 5.57 Å². The Morgan fingerprint density at radius 3 is 2.31 bits per heavy atom. The van der Waals surface area contributed by atoms with Crippen LogP contribution in [0.3, 0.4) is 0 Å². The van der Waals surface area contributed by atoms with Crippen molar-refractivity contribution < 1.29 is 19.8 Å². The van der Waals surface area contributed by atoms with Gasteiger partial charge in [0.2, 0.25) is 0 Å². The van der Waals surface area contributed by atoms with Gasteiger partial charge in [-0.25, -0.2) is 4.79 Å². The molecule has 0 bridgehead atoms. The van der Waals surface area contributed by atoms with Gasteiger partial charge >= 0.3 is 11.9 Å². The second-order valence-corrected chi connectivity index (χ2v) is 4.67. The lowest BCUT2D eigenvalue weighted by Gasteiger charge is -2.27. The predicted molar refractivity (Wildman–Crippen MR) is 59.0 cm³/mol. The first-order valence-corrected chi connectivity index (χ1v) is 5.16. The number of carboxylic acids is 2. The average Bonchev–Trinajstić information content (AvgIpc) is 2.16. The molecule has 1 rings (SSSR count). The van der Waals surface area contributed by atoms with Gasteiger partial charge in [-0.05, 0) is 30.9 Å². The van der Waals surface area contributed by atoms with Crippen LogP contribution >= 0.6 is 0 Å². The number of carboxylic acid groups (broad SMARTS) is 2. The fourth-order valence-electron chi connectivity index (χ4n) is 1.72. The summed E-state index contributed by atoms with van der Waals surface area (Å²) in [7, 11) is 0. The van der Waals surface area contributed by atoms with Crippen molar-refractivity contribution in [2.75, 3.05) is 0 Å². The van der Waals surface area contributed by atoms with Crippen LogP contribution in [0.2, 0.25) is 0 Å². The quantitative estimate of drug-likeness (QED) is 0.769. The number of aliphatic carboxylic acids is 2. The highest BCUT2D eigenvalue weighted by Gasteiger charge is 2.36. The van der Waals surface area contributed by atoms with Crippen molar-refractivity contribution in [2.45, 2.75) is 27.2 Å². The van der Waals surface area contributed by atoms with E-state index < -0.39 is 17.4 Å². The molecule has 0 spiro atoms. The SMILES string of the molecule is CC(C)C1=CC(C)(C(=O)O)CC(C(=O)O)=C1. The smallest absolute Gasteiger partial charge is 0.331 e. The van der Waals surface area contributed by atoms with Crippen molar-refractivity contribution in [3.63, 3.8) is 0 Å². The van der Waals surface area contributed by atoms with Gasteiger partial charge in [-0.3, -0.25) is 4.79 Å². The highest BCUT2D eigenvalue weighted by Crippen LogP contribution is 2.36. The summed E-state index contributed by atoms with van der Waals surface area (Å²) in [5.74, 6) is -1.91. The molecule has 4 nitrogen and oxygen atoms in total. The molecule has 88 valence electrons. The fourth-order valence-corrected chi connectivity index (χ4v) is 1.72. The van der Waals surface area contributed by atoms with Crippen molar-refractivity contribution in [3.05, 3.63) is 23.3 Å². The Balaban J connectivity index is 3.20. The van der Waals surface area contributed by atoms with Gasteiger partial charge in [-0.1, -0.05) is 19.9 Å². The second-order valence-electron chi connectivity index (χ2n) is 4.67. The molecule has 1 aliphatic carbocycles. The van der Waals surface area contributed by atoms with Gasteiger partial charge in [0.05, 0.1) is 5.41 Å². The molecule has 0 heterocycles. The van der Waals surface area contributed by atoms with Gasteiger partial charge in [0.15, 0.2) is 0 Å². The van der Waals surface area contributed by atoms with E-state index in [9.17, 15) is 9.59 Å². The van der Waals surface area contributed by atoms with Crippen LogP contribution in [0, 0.1) is 11.3 Å². The summed E-state index contributed by atoms with van der Waals surface area (Å²) < 4.78 is 0. The fraction of sp³-hybridized carbons (Fsp3) is 0.500. The standard InChI is InChI=1S/C12H16O4/c1-7(2)8-4-9(10(13)14)6-12(3,5-8)11(15)16/h4-5,7H,6H2,1-3H3,(H,13,14)(H,15,16). The zero-order chi connectivity index (χ0) is 12.5. The summed E-state index contributed by atoms with van der Waals surface area (Å²) in [6.07, 6.45) is 3.28. The van der Waals surface area contributed by atoms with Crippen LogP contribution in [-0.4, -0.2) is 22.2 Å². The second kappa shape index (κ2) is 4.12. The summed E-state index contributed by atoms with van der Waals surface area (Å²) in [6.45, 7) is 5.37. The Bertz CT molecular complexity index is 390. The monoisotopic (exact) mass is 224 g/mol. The number of rotatable bonds is 3. The molecule has 0 aromatic carbocycles. The van der Waals surface area contributed by atoms with Crippen molar-refractivity contribution in [2.24, 2.45) is 11.3 Å². The van der Waals surface area contributed by atoms with Crippen LogP contribution in [0.1, 0.15) is 27.2 Å². The highest BCUT2D eigenvalue weighted by atomic mass is 16.4. The van der Waals surface area contributed by atoms with Crippen molar-refractivity contribution in [1.29, 1.82) is 0 Å². The van der Waals surface area contributed by atoms with E-state index in [1.165, 1.54) is 0 Å². The average molecular weight is 224 g/mol. The Morgan fingerprint density at radius 1 is 1.38 bits per heavy atom. The highest BCUT2D eigenvalue weighted by molar-refractivity contribution is 5.90. The van der Waals surface area contributed by atoms with Crippen LogP contribution < -0.4 is 0 Å². The molecule has 2 N–H and O–H groups in total. The van der Waals surface area contributed by atoms with Crippen LogP contribution in [0.4, 0.5) is 0 Å². The molecular formula is C12H16O4. The third kappa shape index (κ3) is 2.32. The van der Waals surface area contributed by atoms with E-state index in [1.54, 1.807) is 19.1 Å². The Hall–Kier alpha value is -1.58. The Morgan fingerprint density at radius 2 is 1.94 bits per heavy atom.